The maximum absolute atomic E-state index is 10.7. The zero-order chi connectivity index (χ0) is 14.4. The van der Waals surface area contributed by atoms with Crippen LogP contribution in [0.5, 0.6) is 5.75 Å². The fourth-order valence-corrected chi connectivity index (χ4v) is 1.66. The van der Waals surface area contributed by atoms with Gasteiger partial charge in [-0.05, 0) is 12.1 Å². The summed E-state index contributed by atoms with van der Waals surface area (Å²) in [5.41, 5.74) is 0.560. The molecule has 0 radical (unpaired) electrons. The molecule has 2 N–H and O–H groups in total. The summed E-state index contributed by atoms with van der Waals surface area (Å²) in [5.74, 6) is 0.482. The molecule has 20 heavy (non-hydrogen) atoms. The minimum atomic E-state index is -4.75. The van der Waals surface area contributed by atoms with E-state index in [1.54, 1.807) is 54.6 Å². The first-order valence-corrected chi connectivity index (χ1v) is 7.25. The molecule has 0 saturated heterocycles. The van der Waals surface area contributed by atoms with Crippen molar-refractivity contribution in [1.82, 2.24) is 0 Å². The van der Waals surface area contributed by atoms with Crippen molar-refractivity contribution in [2.45, 2.75) is 6.29 Å². The predicted molar refractivity (Wildman–Crippen MR) is 70.5 cm³/mol. The van der Waals surface area contributed by atoms with Gasteiger partial charge in [-0.15, -0.1) is 4.67 Å². The first-order valence-electron chi connectivity index (χ1n) is 5.72. The molecule has 1 unspecified atom stereocenters. The normalized spacial score (nSPS) is 12.9. The van der Waals surface area contributed by atoms with Crippen LogP contribution in [-0.4, -0.2) is 9.79 Å². The van der Waals surface area contributed by atoms with Gasteiger partial charge < -0.3 is 14.5 Å². The van der Waals surface area contributed by atoms with E-state index in [-0.39, 0.29) is 0 Å². The van der Waals surface area contributed by atoms with E-state index in [1.165, 1.54) is 0 Å². The van der Waals surface area contributed by atoms with Crippen LogP contribution in [0.15, 0.2) is 60.7 Å². The molecule has 0 aliphatic carbocycles. The van der Waals surface area contributed by atoms with Crippen LogP contribution < -0.4 is 4.74 Å². The summed E-state index contributed by atoms with van der Waals surface area (Å²) in [6.45, 7) is 0. The lowest BCUT2D eigenvalue weighted by atomic mass is 10.2. The monoisotopic (exact) mass is 296 g/mol. The molecule has 2 aromatic rings. The highest BCUT2D eigenvalue weighted by Crippen LogP contribution is 2.38. The number of hydrogen-bond donors (Lipinski definition) is 2. The Labute approximate surface area is 115 Å². The Bertz CT molecular complexity index is 568. The van der Waals surface area contributed by atoms with Gasteiger partial charge in [0.25, 0.3) is 6.29 Å². The molecular formula is C13H13O6P. The number of ether oxygens (including phenoxy) is 1. The van der Waals surface area contributed by atoms with E-state index in [0.29, 0.717) is 11.3 Å². The van der Waals surface area contributed by atoms with Crippen LogP contribution in [0.25, 0.3) is 0 Å². The summed E-state index contributed by atoms with van der Waals surface area (Å²) >= 11 is 0. The molecule has 0 aliphatic rings. The van der Waals surface area contributed by atoms with Crippen molar-refractivity contribution in [2.75, 3.05) is 0 Å². The smallest absolute Gasteiger partial charge is 0.458 e. The molecular weight excluding hydrogens is 283 g/mol. The summed E-state index contributed by atoms with van der Waals surface area (Å²) in [7, 11) is -4.75. The Hall–Kier alpha value is -1.69. The number of benzene rings is 2. The second kappa shape index (κ2) is 6.65. The van der Waals surface area contributed by atoms with Crippen molar-refractivity contribution in [3.05, 3.63) is 66.2 Å². The molecule has 106 valence electrons. The molecule has 7 heteroatoms. The number of rotatable bonds is 6. The van der Waals surface area contributed by atoms with Crippen molar-refractivity contribution in [1.29, 1.82) is 0 Å². The third-order valence-corrected chi connectivity index (χ3v) is 2.57. The summed E-state index contributed by atoms with van der Waals surface area (Å²) < 4.78 is 20.3. The Morgan fingerprint density at radius 1 is 0.900 bits per heavy atom. The average Bonchev–Trinajstić information content (AvgIpc) is 2.44. The number of phosphoric acid groups is 1. The van der Waals surface area contributed by atoms with E-state index in [4.69, 9.17) is 19.4 Å². The molecule has 0 amide bonds. The van der Waals surface area contributed by atoms with Crippen molar-refractivity contribution >= 4 is 7.82 Å². The van der Waals surface area contributed by atoms with E-state index < -0.39 is 14.1 Å². The lowest BCUT2D eigenvalue weighted by molar-refractivity contribution is -0.310. The van der Waals surface area contributed by atoms with Gasteiger partial charge in [0.15, 0.2) is 0 Å². The average molecular weight is 296 g/mol. The van der Waals surface area contributed by atoms with E-state index in [1.807, 2.05) is 6.07 Å². The van der Waals surface area contributed by atoms with Gasteiger partial charge in [-0.2, -0.15) is 4.89 Å². The molecule has 0 aliphatic heterocycles. The van der Waals surface area contributed by atoms with E-state index >= 15 is 0 Å². The molecule has 2 rings (SSSR count). The van der Waals surface area contributed by atoms with Crippen molar-refractivity contribution in [3.63, 3.8) is 0 Å². The summed E-state index contributed by atoms with van der Waals surface area (Å²) in [6, 6.07) is 17.4. The largest absolute Gasteiger partial charge is 0.497 e. The van der Waals surface area contributed by atoms with Gasteiger partial charge >= 0.3 is 7.82 Å². The molecule has 0 fully saturated rings. The highest BCUT2D eigenvalue weighted by molar-refractivity contribution is 7.46. The van der Waals surface area contributed by atoms with Crippen LogP contribution in [0.1, 0.15) is 11.9 Å². The summed E-state index contributed by atoms with van der Waals surface area (Å²) in [6.07, 6.45) is -1.09. The third-order valence-electron chi connectivity index (χ3n) is 2.29. The fraction of sp³-hybridized carbons (Fsp3) is 0.0769. The maximum atomic E-state index is 10.7. The Morgan fingerprint density at radius 2 is 1.45 bits per heavy atom. The third kappa shape index (κ3) is 4.77. The first kappa shape index (κ1) is 14.7. The first-order chi connectivity index (χ1) is 9.54. The Balaban J connectivity index is 2.14. The lowest BCUT2D eigenvalue weighted by Crippen LogP contribution is -2.11. The van der Waals surface area contributed by atoms with Crippen molar-refractivity contribution in [2.24, 2.45) is 0 Å². The van der Waals surface area contributed by atoms with Crippen molar-refractivity contribution in [3.8, 4) is 5.75 Å². The fourth-order valence-electron chi connectivity index (χ4n) is 1.47. The summed E-state index contributed by atoms with van der Waals surface area (Å²) in [4.78, 5) is 22.1. The zero-order valence-corrected chi connectivity index (χ0v) is 11.2. The van der Waals surface area contributed by atoms with E-state index in [0.717, 1.165) is 0 Å². The molecule has 0 spiro atoms. The molecule has 0 aromatic heterocycles. The van der Waals surface area contributed by atoms with E-state index in [9.17, 15) is 4.57 Å². The van der Waals surface area contributed by atoms with Crippen LogP contribution in [0.4, 0.5) is 0 Å². The van der Waals surface area contributed by atoms with Crippen LogP contribution in [0.3, 0.4) is 0 Å². The van der Waals surface area contributed by atoms with Gasteiger partial charge in [0.05, 0.1) is 0 Å². The quantitative estimate of drug-likeness (QED) is 0.369. The molecule has 2 aromatic carbocycles. The number of para-hydroxylation sites is 1. The van der Waals surface area contributed by atoms with Crippen molar-refractivity contribution < 1.29 is 28.7 Å². The predicted octanol–water partition coefficient (Wildman–Crippen LogP) is 2.81. The van der Waals surface area contributed by atoms with Crippen LogP contribution in [-0.2, 0) is 14.1 Å². The standard InChI is InChI=1S/C13H13O6P/c14-20(15,16)19-18-13(11-7-3-1-4-8-11)17-12-9-5-2-6-10-12/h1-10,13H,(H2,14,15,16). The highest BCUT2D eigenvalue weighted by atomic mass is 31.2. The summed E-state index contributed by atoms with van der Waals surface area (Å²) in [5, 5.41) is 0. The van der Waals surface area contributed by atoms with Gasteiger partial charge in [-0.3, -0.25) is 0 Å². The maximum Gasteiger partial charge on any atom is 0.497 e. The van der Waals surface area contributed by atoms with Crippen LogP contribution >= 0.6 is 7.82 Å². The minimum absolute atomic E-state index is 0.482. The topological polar surface area (TPSA) is 85.2 Å². The minimum Gasteiger partial charge on any atom is -0.458 e. The van der Waals surface area contributed by atoms with Crippen LogP contribution in [0, 0.1) is 0 Å². The zero-order valence-electron chi connectivity index (χ0n) is 10.3. The van der Waals surface area contributed by atoms with Gasteiger partial charge in [0.2, 0.25) is 0 Å². The molecule has 1 atom stereocenters. The second-order valence-corrected chi connectivity index (χ2v) is 4.97. The molecule has 0 bridgehead atoms. The number of hydrogen-bond acceptors (Lipinski definition) is 4. The Morgan fingerprint density at radius 3 is 2.00 bits per heavy atom. The molecule has 0 saturated carbocycles. The Kier molecular flexibility index (Phi) is 4.89. The van der Waals surface area contributed by atoms with Gasteiger partial charge in [0.1, 0.15) is 5.75 Å². The molecule has 0 heterocycles. The SMILES string of the molecule is O=P(O)(O)OOC(Oc1ccccc1)c1ccccc1. The van der Waals surface area contributed by atoms with Gasteiger partial charge in [-0.1, -0.05) is 48.5 Å². The molecule has 6 nitrogen and oxygen atoms in total. The highest BCUT2D eigenvalue weighted by Gasteiger charge is 2.22. The van der Waals surface area contributed by atoms with E-state index in [2.05, 4.69) is 4.67 Å². The van der Waals surface area contributed by atoms with Crippen LogP contribution in [0.2, 0.25) is 0 Å². The second-order valence-electron chi connectivity index (χ2n) is 3.83. The lowest BCUT2D eigenvalue weighted by Gasteiger charge is -2.18. The van der Waals surface area contributed by atoms with Gasteiger partial charge in [0, 0.05) is 5.56 Å². The van der Waals surface area contributed by atoms with Gasteiger partial charge in [-0.25, -0.2) is 4.57 Å².